The number of benzene rings is 1. The van der Waals surface area contributed by atoms with Crippen molar-refractivity contribution in [1.29, 1.82) is 0 Å². The first-order valence-electron chi connectivity index (χ1n) is 6.44. The number of rotatable bonds is 6. The molecule has 5 heteroatoms. The molecule has 0 radical (unpaired) electrons. The lowest BCUT2D eigenvalue weighted by Gasteiger charge is -2.40. The van der Waals surface area contributed by atoms with Crippen molar-refractivity contribution in [2.45, 2.75) is 31.2 Å². The monoisotopic (exact) mass is 283 g/mol. The molecule has 1 amide bonds. The van der Waals surface area contributed by atoms with Crippen molar-refractivity contribution in [1.82, 2.24) is 5.32 Å². The number of halogens is 1. The summed E-state index contributed by atoms with van der Waals surface area (Å²) in [4.78, 5) is 11.8. The minimum atomic E-state index is -0.387. The van der Waals surface area contributed by atoms with Crippen LogP contribution in [0, 0.1) is 0 Å². The number of carbonyl (C=O) groups is 1. The van der Waals surface area contributed by atoms with Crippen LogP contribution in [0.15, 0.2) is 24.3 Å². The fraction of sp³-hybridized carbons (Fsp3) is 0.500. The van der Waals surface area contributed by atoms with Gasteiger partial charge in [-0.15, -0.1) is 0 Å². The summed E-state index contributed by atoms with van der Waals surface area (Å²) in [5.74, 6) is 0.485. The van der Waals surface area contributed by atoms with Crippen molar-refractivity contribution in [3.63, 3.8) is 0 Å². The lowest BCUT2D eigenvalue weighted by molar-refractivity contribution is -0.125. The number of hydrogen-bond acceptors (Lipinski definition) is 3. The molecule has 1 saturated carbocycles. The van der Waals surface area contributed by atoms with Crippen LogP contribution in [0.25, 0.3) is 0 Å². The zero-order chi connectivity index (χ0) is 13.7. The predicted octanol–water partition coefficient (Wildman–Crippen LogP) is 2.14. The molecule has 0 spiro atoms. The van der Waals surface area contributed by atoms with E-state index in [1.54, 1.807) is 12.1 Å². The molecule has 0 aliphatic heterocycles. The van der Waals surface area contributed by atoms with Crippen LogP contribution in [-0.2, 0) is 4.79 Å². The summed E-state index contributed by atoms with van der Waals surface area (Å²) >= 11 is 5.94. The second kappa shape index (κ2) is 6.26. The predicted molar refractivity (Wildman–Crippen MR) is 73.4 cm³/mol. The Hall–Kier alpha value is -1.26. The highest BCUT2D eigenvalue weighted by Gasteiger charge is 2.37. The molecule has 19 heavy (non-hydrogen) atoms. The number of hydrogen-bond donors (Lipinski definition) is 2. The fourth-order valence-electron chi connectivity index (χ4n) is 2.10. The molecule has 2 rings (SSSR count). The normalized spacial score (nSPS) is 16.5. The molecule has 1 aliphatic rings. The maximum Gasteiger partial charge on any atom is 0.223 e. The van der Waals surface area contributed by atoms with Crippen molar-refractivity contribution in [2.75, 3.05) is 13.2 Å². The molecule has 0 saturated heterocycles. The van der Waals surface area contributed by atoms with Gasteiger partial charge >= 0.3 is 0 Å². The van der Waals surface area contributed by atoms with Crippen LogP contribution >= 0.6 is 11.6 Å². The minimum Gasteiger partial charge on any atom is -0.491 e. The van der Waals surface area contributed by atoms with Gasteiger partial charge in [0.05, 0.1) is 30.2 Å². The van der Waals surface area contributed by atoms with Crippen LogP contribution in [0.3, 0.4) is 0 Å². The molecule has 0 aromatic heterocycles. The van der Waals surface area contributed by atoms with Gasteiger partial charge in [-0.05, 0) is 31.4 Å². The van der Waals surface area contributed by atoms with E-state index >= 15 is 0 Å². The number of nitrogens with one attached hydrogen (secondary N) is 1. The fourth-order valence-corrected chi connectivity index (χ4v) is 2.29. The first kappa shape index (κ1) is 14.2. The van der Waals surface area contributed by atoms with Crippen LogP contribution in [0.2, 0.25) is 5.02 Å². The summed E-state index contributed by atoms with van der Waals surface area (Å²) in [5, 5.41) is 12.7. The van der Waals surface area contributed by atoms with Crippen molar-refractivity contribution in [3.05, 3.63) is 29.3 Å². The molecule has 2 N–H and O–H groups in total. The first-order valence-corrected chi connectivity index (χ1v) is 6.82. The number of para-hydroxylation sites is 1. The van der Waals surface area contributed by atoms with Crippen molar-refractivity contribution < 1.29 is 14.6 Å². The standard InChI is InChI=1S/C14H18ClNO3/c15-11-4-1-2-5-12(11)19-9-6-13(18)16-14(10-17)7-3-8-14/h1-2,4-5,17H,3,6-10H2,(H,16,18). The Labute approximate surface area is 117 Å². The van der Waals surface area contributed by atoms with Gasteiger partial charge in [-0.25, -0.2) is 0 Å². The van der Waals surface area contributed by atoms with Crippen LogP contribution in [0.1, 0.15) is 25.7 Å². The highest BCUT2D eigenvalue weighted by molar-refractivity contribution is 6.32. The van der Waals surface area contributed by atoms with Gasteiger partial charge in [-0.2, -0.15) is 0 Å². The molecule has 1 aromatic carbocycles. The molecule has 0 unspecified atom stereocenters. The Morgan fingerprint density at radius 3 is 2.74 bits per heavy atom. The third-order valence-corrected chi connectivity index (χ3v) is 3.75. The Morgan fingerprint density at radius 2 is 2.16 bits per heavy atom. The SMILES string of the molecule is O=C(CCOc1ccccc1Cl)NC1(CO)CCC1. The molecule has 1 aliphatic carbocycles. The average Bonchev–Trinajstić information content (AvgIpc) is 2.36. The molecule has 0 heterocycles. The number of ether oxygens (including phenoxy) is 1. The largest absolute Gasteiger partial charge is 0.491 e. The summed E-state index contributed by atoms with van der Waals surface area (Å²) in [6.45, 7) is 0.279. The van der Waals surface area contributed by atoms with Crippen LogP contribution in [0.4, 0.5) is 0 Å². The summed E-state index contributed by atoms with van der Waals surface area (Å²) in [7, 11) is 0. The minimum absolute atomic E-state index is 0.00408. The van der Waals surface area contributed by atoms with Crippen molar-refractivity contribution >= 4 is 17.5 Å². The van der Waals surface area contributed by atoms with Gasteiger partial charge in [0, 0.05) is 0 Å². The van der Waals surface area contributed by atoms with Gasteiger partial charge in [0.1, 0.15) is 5.75 Å². The molecule has 1 aromatic rings. The molecule has 1 fully saturated rings. The van der Waals surface area contributed by atoms with E-state index in [0.29, 0.717) is 10.8 Å². The first-order chi connectivity index (χ1) is 9.15. The Balaban J connectivity index is 1.74. The number of carbonyl (C=O) groups excluding carboxylic acids is 1. The lowest BCUT2D eigenvalue weighted by atomic mass is 9.77. The van der Waals surface area contributed by atoms with E-state index in [2.05, 4.69) is 5.32 Å². The molecule has 104 valence electrons. The quantitative estimate of drug-likeness (QED) is 0.841. The molecule has 0 bridgehead atoms. The van der Waals surface area contributed by atoms with Crippen LogP contribution in [0.5, 0.6) is 5.75 Å². The van der Waals surface area contributed by atoms with Gasteiger partial charge in [0.25, 0.3) is 0 Å². The van der Waals surface area contributed by atoms with E-state index < -0.39 is 0 Å². The summed E-state index contributed by atoms with van der Waals surface area (Å²) < 4.78 is 5.45. The smallest absolute Gasteiger partial charge is 0.223 e. The second-order valence-electron chi connectivity index (χ2n) is 4.87. The van der Waals surface area contributed by atoms with Crippen molar-refractivity contribution in [3.8, 4) is 5.75 Å². The van der Waals surface area contributed by atoms with Gasteiger partial charge in [0.2, 0.25) is 5.91 Å². The highest BCUT2D eigenvalue weighted by Crippen LogP contribution is 2.31. The zero-order valence-electron chi connectivity index (χ0n) is 10.7. The Morgan fingerprint density at radius 1 is 1.42 bits per heavy atom. The number of aliphatic hydroxyl groups excluding tert-OH is 1. The average molecular weight is 284 g/mol. The third kappa shape index (κ3) is 3.61. The van der Waals surface area contributed by atoms with Gasteiger partial charge in [-0.3, -0.25) is 4.79 Å². The summed E-state index contributed by atoms with van der Waals surface area (Å²) in [5.41, 5.74) is -0.387. The maximum atomic E-state index is 11.8. The lowest BCUT2D eigenvalue weighted by Crippen LogP contribution is -2.56. The summed E-state index contributed by atoms with van der Waals surface area (Å²) in [6, 6.07) is 7.16. The van der Waals surface area contributed by atoms with Crippen molar-refractivity contribution in [2.24, 2.45) is 0 Å². The Bertz CT molecular complexity index is 441. The zero-order valence-corrected chi connectivity index (χ0v) is 11.4. The maximum absolute atomic E-state index is 11.8. The Kier molecular flexibility index (Phi) is 4.66. The number of amides is 1. The van der Waals surface area contributed by atoms with E-state index in [9.17, 15) is 9.90 Å². The van der Waals surface area contributed by atoms with Gasteiger partial charge in [0.15, 0.2) is 0 Å². The van der Waals surface area contributed by atoms with E-state index in [4.69, 9.17) is 16.3 Å². The van der Waals surface area contributed by atoms with E-state index in [1.807, 2.05) is 12.1 Å². The van der Waals surface area contributed by atoms with E-state index in [1.165, 1.54) is 0 Å². The number of aliphatic hydroxyl groups is 1. The van der Waals surface area contributed by atoms with Crippen LogP contribution < -0.4 is 10.1 Å². The summed E-state index contributed by atoms with van der Waals surface area (Å²) in [6.07, 6.45) is 3.01. The van der Waals surface area contributed by atoms with Crippen LogP contribution in [-0.4, -0.2) is 29.8 Å². The van der Waals surface area contributed by atoms with E-state index in [-0.39, 0.29) is 31.1 Å². The molecule has 0 atom stereocenters. The molecule has 4 nitrogen and oxygen atoms in total. The van der Waals surface area contributed by atoms with Gasteiger partial charge < -0.3 is 15.2 Å². The molecular formula is C14H18ClNO3. The topological polar surface area (TPSA) is 58.6 Å². The highest BCUT2D eigenvalue weighted by atomic mass is 35.5. The third-order valence-electron chi connectivity index (χ3n) is 3.44. The second-order valence-corrected chi connectivity index (χ2v) is 5.28. The van der Waals surface area contributed by atoms with Gasteiger partial charge in [-0.1, -0.05) is 23.7 Å². The molecular weight excluding hydrogens is 266 g/mol. The van der Waals surface area contributed by atoms with E-state index in [0.717, 1.165) is 19.3 Å².